The number of alkyl halides is 2. The zero-order valence-corrected chi connectivity index (χ0v) is 12.0. The quantitative estimate of drug-likeness (QED) is 0.570. The van der Waals surface area contributed by atoms with Crippen LogP contribution in [0.3, 0.4) is 0 Å². The van der Waals surface area contributed by atoms with Gasteiger partial charge in [-0.2, -0.15) is 8.78 Å². The molecule has 0 aromatic rings. The molecule has 7 heteroatoms. The van der Waals surface area contributed by atoms with Gasteiger partial charge in [-0.25, -0.2) is 0 Å². The predicted octanol–water partition coefficient (Wildman–Crippen LogP) is 3.99. The van der Waals surface area contributed by atoms with Gasteiger partial charge in [-0.1, -0.05) is 20.8 Å². The van der Waals surface area contributed by atoms with E-state index < -0.39 is 25.5 Å². The molecule has 4 nitrogen and oxygen atoms in total. The lowest BCUT2D eigenvalue weighted by Gasteiger charge is -2.25. The third-order valence-corrected chi connectivity index (χ3v) is 4.14. The fraction of sp³-hybridized carbons (Fsp3) is 0.909. The van der Waals surface area contributed by atoms with Gasteiger partial charge >= 0.3 is 13.3 Å². The summed E-state index contributed by atoms with van der Waals surface area (Å²) in [5, 5.41) is 0. The number of rotatable bonds is 10. The van der Waals surface area contributed by atoms with Gasteiger partial charge in [0, 0.05) is 6.42 Å². The number of Topliss-reactive ketones (excluding diaryl/α,β-unsaturated/α-hetero) is 1. The van der Waals surface area contributed by atoms with Gasteiger partial charge in [0.1, 0.15) is 5.78 Å². The highest BCUT2D eigenvalue weighted by Crippen LogP contribution is 2.63. The maximum atomic E-state index is 13.8. The summed E-state index contributed by atoms with van der Waals surface area (Å²) in [5.74, 6) is -0.666. The Morgan fingerprint density at radius 3 is 1.89 bits per heavy atom. The van der Waals surface area contributed by atoms with E-state index >= 15 is 0 Å². The van der Waals surface area contributed by atoms with Gasteiger partial charge in [0.25, 0.3) is 0 Å². The first-order chi connectivity index (χ1) is 8.33. The highest BCUT2D eigenvalue weighted by molar-refractivity contribution is 7.55. The lowest BCUT2D eigenvalue weighted by atomic mass is 10.2. The summed E-state index contributed by atoms with van der Waals surface area (Å²) < 4.78 is 49.1. The summed E-state index contributed by atoms with van der Waals surface area (Å²) in [4.78, 5) is 11.1. The molecule has 0 aliphatic rings. The zero-order valence-electron chi connectivity index (χ0n) is 11.1. The third kappa shape index (κ3) is 5.12. The maximum absolute atomic E-state index is 13.8. The monoisotopic (exact) mass is 286 g/mol. The Labute approximate surface area is 107 Å². The molecule has 108 valence electrons. The molecule has 0 aliphatic heterocycles. The van der Waals surface area contributed by atoms with E-state index in [9.17, 15) is 18.1 Å². The van der Waals surface area contributed by atoms with Gasteiger partial charge in [-0.05, 0) is 12.8 Å². The van der Waals surface area contributed by atoms with Gasteiger partial charge in [0.2, 0.25) is 0 Å². The number of carbonyl (C=O) groups is 1. The molecule has 0 saturated carbocycles. The Bertz CT molecular complexity index is 295. The van der Waals surface area contributed by atoms with E-state index in [0.717, 1.165) is 0 Å². The van der Waals surface area contributed by atoms with Crippen LogP contribution < -0.4 is 0 Å². The molecule has 0 spiro atoms. The number of carbonyl (C=O) groups excluding carboxylic acids is 1. The number of halogens is 2. The highest BCUT2D eigenvalue weighted by Gasteiger charge is 2.54. The largest absolute Gasteiger partial charge is 0.400 e. The minimum atomic E-state index is -4.58. The van der Waals surface area contributed by atoms with Crippen LogP contribution in [0.1, 0.15) is 46.5 Å². The average Bonchev–Trinajstić information content (AvgIpc) is 2.32. The molecule has 0 aromatic heterocycles. The first-order valence-corrected chi connectivity index (χ1v) is 7.66. The van der Waals surface area contributed by atoms with E-state index in [-0.39, 0.29) is 19.6 Å². The molecule has 0 heterocycles. The smallest absolute Gasteiger partial charge is 0.304 e. The third-order valence-electron chi connectivity index (χ3n) is 2.14. The highest BCUT2D eigenvalue weighted by atomic mass is 31.2. The second-order valence-electron chi connectivity index (χ2n) is 3.90. The molecule has 0 saturated heterocycles. The van der Waals surface area contributed by atoms with Crippen LogP contribution >= 0.6 is 7.60 Å². The Balaban J connectivity index is 4.90. The van der Waals surface area contributed by atoms with Crippen LogP contribution in [0.25, 0.3) is 0 Å². The van der Waals surface area contributed by atoms with E-state index in [2.05, 4.69) is 0 Å². The van der Waals surface area contributed by atoms with E-state index in [4.69, 9.17) is 9.05 Å². The van der Waals surface area contributed by atoms with Crippen LogP contribution in [-0.2, 0) is 18.4 Å². The lowest BCUT2D eigenvalue weighted by Crippen LogP contribution is -2.24. The molecule has 0 fully saturated rings. The molecule has 0 unspecified atom stereocenters. The first-order valence-electron chi connectivity index (χ1n) is 6.11. The Hall–Kier alpha value is -0.320. The van der Waals surface area contributed by atoms with Gasteiger partial charge in [-0.3, -0.25) is 9.36 Å². The van der Waals surface area contributed by atoms with E-state index in [1.807, 2.05) is 0 Å². The zero-order chi connectivity index (χ0) is 14.2. The minimum absolute atomic E-state index is 0.0306. The van der Waals surface area contributed by atoms with Crippen molar-refractivity contribution < 1.29 is 27.2 Å². The van der Waals surface area contributed by atoms with Crippen LogP contribution in [0.5, 0.6) is 0 Å². The second kappa shape index (κ2) is 7.97. The molecule has 0 amide bonds. The van der Waals surface area contributed by atoms with Gasteiger partial charge in [0.05, 0.1) is 19.6 Å². The molecule has 0 rings (SSSR count). The summed E-state index contributed by atoms with van der Waals surface area (Å²) in [5.41, 5.74) is -3.76. The molecule has 0 N–H and O–H groups in total. The van der Waals surface area contributed by atoms with Crippen LogP contribution in [0.15, 0.2) is 0 Å². The number of ketones is 1. The molecule has 0 radical (unpaired) electrons. The van der Waals surface area contributed by atoms with Crippen molar-refractivity contribution in [2.45, 2.75) is 52.1 Å². The molecule has 0 atom stereocenters. The fourth-order valence-corrected chi connectivity index (χ4v) is 2.78. The van der Waals surface area contributed by atoms with Crippen molar-refractivity contribution in [2.24, 2.45) is 0 Å². The van der Waals surface area contributed by atoms with Crippen LogP contribution in [0.4, 0.5) is 8.78 Å². The summed E-state index contributed by atoms with van der Waals surface area (Å²) in [7, 11) is -4.58. The van der Waals surface area contributed by atoms with Gasteiger partial charge in [0.15, 0.2) is 0 Å². The standard InChI is InChI=1S/C11H21F2O4P/c1-4-7-16-18(15,17-8-5-2)11(12,13)9-10(14)6-3/h4-9H2,1-3H3. The molecular weight excluding hydrogens is 265 g/mol. The van der Waals surface area contributed by atoms with Crippen molar-refractivity contribution in [3.63, 3.8) is 0 Å². The van der Waals surface area contributed by atoms with Crippen molar-refractivity contribution >= 4 is 13.4 Å². The van der Waals surface area contributed by atoms with Crippen LogP contribution in [0.2, 0.25) is 0 Å². The summed E-state index contributed by atoms with van der Waals surface area (Å²) in [6.45, 7) is 4.72. The van der Waals surface area contributed by atoms with Crippen molar-refractivity contribution in [1.29, 1.82) is 0 Å². The van der Waals surface area contributed by atoms with E-state index in [0.29, 0.717) is 12.8 Å². The fourth-order valence-electron chi connectivity index (χ4n) is 1.11. The first kappa shape index (κ1) is 17.7. The lowest BCUT2D eigenvalue weighted by molar-refractivity contribution is -0.123. The second-order valence-corrected chi connectivity index (χ2v) is 6.06. The molecule has 18 heavy (non-hydrogen) atoms. The van der Waals surface area contributed by atoms with E-state index in [1.54, 1.807) is 13.8 Å². The van der Waals surface area contributed by atoms with Crippen molar-refractivity contribution in [3.8, 4) is 0 Å². The van der Waals surface area contributed by atoms with Crippen molar-refractivity contribution in [3.05, 3.63) is 0 Å². The molecule has 0 aliphatic carbocycles. The maximum Gasteiger partial charge on any atom is 0.400 e. The van der Waals surface area contributed by atoms with Crippen molar-refractivity contribution in [1.82, 2.24) is 0 Å². The SMILES string of the molecule is CCCOP(=O)(OCCC)C(F)(F)CC(=O)CC. The summed E-state index contributed by atoms with van der Waals surface area (Å²) in [6, 6.07) is 0. The Morgan fingerprint density at radius 1 is 1.11 bits per heavy atom. The average molecular weight is 286 g/mol. The minimum Gasteiger partial charge on any atom is -0.304 e. The number of hydrogen-bond donors (Lipinski definition) is 0. The molecular formula is C11H21F2O4P. The summed E-state index contributed by atoms with van der Waals surface area (Å²) >= 11 is 0. The van der Waals surface area contributed by atoms with Gasteiger partial charge < -0.3 is 9.05 Å². The van der Waals surface area contributed by atoms with Gasteiger partial charge in [-0.15, -0.1) is 0 Å². The number of hydrogen-bond acceptors (Lipinski definition) is 4. The predicted molar refractivity (Wildman–Crippen MR) is 65.0 cm³/mol. The molecule has 0 aromatic carbocycles. The van der Waals surface area contributed by atoms with Crippen LogP contribution in [-0.4, -0.2) is 24.7 Å². The Morgan fingerprint density at radius 2 is 1.56 bits per heavy atom. The summed E-state index contributed by atoms with van der Waals surface area (Å²) in [6.07, 6.45) is -0.250. The van der Waals surface area contributed by atoms with Crippen molar-refractivity contribution in [2.75, 3.05) is 13.2 Å². The normalized spacial score (nSPS) is 12.7. The Kier molecular flexibility index (Phi) is 7.83. The topological polar surface area (TPSA) is 52.6 Å². The molecule has 0 bridgehead atoms. The van der Waals surface area contributed by atoms with Crippen LogP contribution in [0, 0.1) is 0 Å². The van der Waals surface area contributed by atoms with E-state index in [1.165, 1.54) is 6.92 Å².